The van der Waals surface area contributed by atoms with Crippen molar-refractivity contribution in [3.05, 3.63) is 83.6 Å². The average molecular weight is 464 g/mol. The number of hydrogen-bond acceptors (Lipinski definition) is 7. The zero-order chi connectivity index (χ0) is 23.1. The van der Waals surface area contributed by atoms with Crippen molar-refractivity contribution in [2.45, 2.75) is 37.8 Å². The number of allylic oxidation sites excluding steroid dienone is 2. The van der Waals surface area contributed by atoms with Crippen LogP contribution in [0.1, 0.15) is 42.9 Å². The lowest BCUT2D eigenvalue weighted by atomic mass is 9.98. The van der Waals surface area contributed by atoms with Crippen molar-refractivity contribution >= 4 is 5.71 Å². The van der Waals surface area contributed by atoms with Crippen molar-refractivity contribution in [2.75, 3.05) is 26.2 Å². The van der Waals surface area contributed by atoms with Crippen molar-refractivity contribution in [2.24, 2.45) is 4.99 Å². The molecule has 176 valence electrons. The number of hydrogen-bond donors (Lipinski definition) is 0. The van der Waals surface area contributed by atoms with Crippen molar-refractivity contribution in [3.63, 3.8) is 0 Å². The predicted octanol–water partition coefficient (Wildman–Crippen LogP) is 3.66. The van der Waals surface area contributed by atoms with Crippen LogP contribution in [0.15, 0.2) is 65.8 Å². The van der Waals surface area contributed by atoms with E-state index in [1.165, 1.54) is 38.1 Å². The fourth-order valence-electron chi connectivity index (χ4n) is 5.54. The Hall–Kier alpha value is -3.17. The normalized spacial score (nSPS) is 23.9. The summed E-state index contributed by atoms with van der Waals surface area (Å²) >= 11 is 0. The minimum atomic E-state index is -0.623. The molecule has 1 aromatic carbocycles. The van der Waals surface area contributed by atoms with Gasteiger partial charge in [-0.2, -0.15) is 10.2 Å². The SMILES string of the molecule is Fc1cc(F)cc(C2=NC3=CC=CN(N4CCC(N5CCCC5)CC4)N3C2c2ccnnc2)c1. The molecular formula is C25H27F2N7. The maximum atomic E-state index is 14.1. The van der Waals surface area contributed by atoms with Gasteiger partial charge in [0, 0.05) is 48.7 Å². The third-order valence-corrected chi connectivity index (χ3v) is 7.13. The number of rotatable bonds is 4. The molecule has 1 atom stereocenters. The average Bonchev–Trinajstić information content (AvgIpc) is 3.52. The monoisotopic (exact) mass is 463 g/mol. The predicted molar refractivity (Wildman–Crippen MR) is 124 cm³/mol. The molecule has 34 heavy (non-hydrogen) atoms. The van der Waals surface area contributed by atoms with Crippen LogP contribution in [0.4, 0.5) is 8.78 Å². The lowest BCUT2D eigenvalue weighted by molar-refractivity contribution is -0.150. The number of benzene rings is 1. The summed E-state index contributed by atoms with van der Waals surface area (Å²) in [7, 11) is 0. The molecule has 5 heterocycles. The summed E-state index contributed by atoms with van der Waals surface area (Å²) < 4.78 is 28.3. The van der Waals surface area contributed by atoms with Crippen molar-refractivity contribution < 1.29 is 8.78 Å². The lowest BCUT2D eigenvalue weighted by Gasteiger charge is -2.47. The highest BCUT2D eigenvalue weighted by Gasteiger charge is 2.41. The zero-order valence-corrected chi connectivity index (χ0v) is 18.9. The number of aliphatic imine (C=N–C) groups is 1. The molecule has 4 aliphatic heterocycles. The molecule has 1 unspecified atom stereocenters. The molecule has 6 rings (SSSR count). The van der Waals surface area contributed by atoms with Crippen LogP contribution in [0, 0.1) is 11.6 Å². The van der Waals surface area contributed by atoms with E-state index in [0.717, 1.165) is 43.4 Å². The van der Waals surface area contributed by atoms with E-state index in [1.807, 2.05) is 24.4 Å². The molecule has 1 aromatic heterocycles. The molecule has 2 fully saturated rings. The summed E-state index contributed by atoms with van der Waals surface area (Å²) in [5.41, 5.74) is 1.86. The first-order chi connectivity index (χ1) is 16.7. The summed E-state index contributed by atoms with van der Waals surface area (Å²) in [6, 6.07) is 5.69. The van der Waals surface area contributed by atoms with Gasteiger partial charge >= 0.3 is 0 Å². The van der Waals surface area contributed by atoms with Crippen LogP contribution in [0.5, 0.6) is 0 Å². The van der Waals surface area contributed by atoms with Crippen LogP contribution in [-0.4, -0.2) is 68.2 Å². The number of fused-ring (bicyclic) bond motifs is 1. The first-order valence-electron chi connectivity index (χ1n) is 11.9. The third-order valence-electron chi connectivity index (χ3n) is 7.13. The molecule has 0 aliphatic carbocycles. The van der Waals surface area contributed by atoms with E-state index in [4.69, 9.17) is 4.99 Å². The summed E-state index contributed by atoms with van der Waals surface area (Å²) in [6.45, 7) is 4.29. The molecule has 2 aromatic rings. The van der Waals surface area contributed by atoms with Gasteiger partial charge in [0.1, 0.15) is 23.5 Å². The Labute approximate surface area is 197 Å². The number of aromatic nitrogens is 2. The third kappa shape index (κ3) is 3.88. The van der Waals surface area contributed by atoms with Crippen LogP contribution in [-0.2, 0) is 0 Å². The van der Waals surface area contributed by atoms with Gasteiger partial charge in [0.25, 0.3) is 0 Å². The molecule has 0 amide bonds. The van der Waals surface area contributed by atoms with Crippen LogP contribution < -0.4 is 0 Å². The number of likely N-dealkylation sites (tertiary alicyclic amines) is 1. The molecule has 0 spiro atoms. The molecular weight excluding hydrogens is 436 g/mol. The summed E-state index contributed by atoms with van der Waals surface area (Å²) in [4.78, 5) is 7.47. The Morgan fingerprint density at radius 3 is 2.38 bits per heavy atom. The molecule has 9 heteroatoms. The summed E-state index contributed by atoms with van der Waals surface area (Å²) in [5, 5.41) is 14.5. The van der Waals surface area contributed by atoms with E-state index in [9.17, 15) is 8.78 Å². The van der Waals surface area contributed by atoms with Crippen LogP contribution in [0.25, 0.3) is 0 Å². The topological polar surface area (TPSA) is 51.1 Å². The van der Waals surface area contributed by atoms with Gasteiger partial charge in [-0.05, 0) is 69.1 Å². The van der Waals surface area contributed by atoms with Crippen LogP contribution in [0.3, 0.4) is 0 Å². The van der Waals surface area contributed by atoms with Crippen LogP contribution in [0.2, 0.25) is 0 Å². The molecule has 4 aliphatic rings. The lowest BCUT2D eigenvalue weighted by Crippen LogP contribution is -2.55. The standard InChI is InChI=1S/C25H27F2N7/c26-20-14-19(15-21(27)16-20)24-25(18-5-8-28-29-17-18)34-23(30-24)4-3-11-33(34)32-12-6-22(7-13-32)31-9-1-2-10-31/h3-5,8,11,14-17,22,25H,1-2,6-7,9-10,12-13H2. The Balaban J connectivity index is 1.32. The van der Waals surface area contributed by atoms with Gasteiger partial charge in [0.15, 0.2) is 0 Å². The quantitative estimate of drug-likeness (QED) is 0.690. The molecule has 0 radical (unpaired) electrons. The highest BCUT2D eigenvalue weighted by molar-refractivity contribution is 6.07. The molecule has 7 nitrogen and oxygen atoms in total. The fraction of sp³-hybridized carbons (Fsp3) is 0.400. The minimum Gasteiger partial charge on any atom is -0.300 e. The Bertz CT molecular complexity index is 1110. The van der Waals surface area contributed by atoms with Gasteiger partial charge in [-0.25, -0.2) is 28.9 Å². The highest BCUT2D eigenvalue weighted by Crippen LogP contribution is 2.40. The largest absolute Gasteiger partial charge is 0.300 e. The van der Waals surface area contributed by atoms with Gasteiger partial charge in [-0.3, -0.25) is 0 Å². The number of nitrogens with zero attached hydrogens (tertiary/aromatic N) is 7. The maximum Gasteiger partial charge on any atom is 0.149 e. The molecule has 2 saturated heterocycles. The second kappa shape index (κ2) is 8.88. The van der Waals surface area contributed by atoms with Gasteiger partial charge in [0.05, 0.1) is 11.9 Å². The van der Waals surface area contributed by atoms with E-state index in [1.54, 1.807) is 12.4 Å². The second-order valence-corrected chi connectivity index (χ2v) is 9.19. The Morgan fingerprint density at radius 2 is 1.68 bits per heavy atom. The van der Waals surface area contributed by atoms with E-state index in [-0.39, 0.29) is 6.04 Å². The number of piperidine rings is 1. The summed E-state index contributed by atoms with van der Waals surface area (Å²) in [5.74, 6) is -0.519. The van der Waals surface area contributed by atoms with Gasteiger partial charge in [0.2, 0.25) is 0 Å². The Morgan fingerprint density at radius 1 is 0.912 bits per heavy atom. The summed E-state index contributed by atoms with van der Waals surface area (Å²) in [6.07, 6.45) is 14.1. The number of halogens is 2. The second-order valence-electron chi connectivity index (χ2n) is 9.19. The first kappa shape index (κ1) is 21.4. The fourth-order valence-corrected chi connectivity index (χ4v) is 5.54. The Kier molecular flexibility index (Phi) is 5.58. The van der Waals surface area contributed by atoms with Gasteiger partial charge in [-0.1, -0.05) is 0 Å². The van der Waals surface area contributed by atoms with Gasteiger partial charge < -0.3 is 4.90 Å². The van der Waals surface area contributed by atoms with E-state index >= 15 is 0 Å². The molecule has 0 saturated carbocycles. The maximum absolute atomic E-state index is 14.1. The number of hydrazine groups is 2. The van der Waals surface area contributed by atoms with E-state index < -0.39 is 11.6 Å². The van der Waals surface area contributed by atoms with Crippen LogP contribution >= 0.6 is 0 Å². The van der Waals surface area contributed by atoms with E-state index in [0.29, 0.717) is 17.3 Å². The van der Waals surface area contributed by atoms with Crippen molar-refractivity contribution in [1.82, 2.24) is 30.2 Å². The molecule has 0 N–H and O–H groups in total. The highest BCUT2D eigenvalue weighted by atomic mass is 19.1. The smallest absolute Gasteiger partial charge is 0.149 e. The van der Waals surface area contributed by atoms with Crippen molar-refractivity contribution in [1.29, 1.82) is 0 Å². The minimum absolute atomic E-state index is 0.385. The first-order valence-corrected chi connectivity index (χ1v) is 11.9. The van der Waals surface area contributed by atoms with Crippen molar-refractivity contribution in [3.8, 4) is 0 Å². The van der Waals surface area contributed by atoms with E-state index in [2.05, 4.69) is 30.2 Å². The van der Waals surface area contributed by atoms with Gasteiger partial charge in [-0.15, -0.1) is 0 Å². The molecule has 0 bridgehead atoms. The zero-order valence-electron chi connectivity index (χ0n) is 18.9.